The minimum absolute atomic E-state index is 0.00292. The van der Waals surface area contributed by atoms with E-state index in [0.717, 1.165) is 11.8 Å². The quantitative estimate of drug-likeness (QED) is 0.535. The number of methoxy groups -OCH3 is 1. The summed E-state index contributed by atoms with van der Waals surface area (Å²) in [6.45, 7) is 1.70. The van der Waals surface area contributed by atoms with Gasteiger partial charge in [0.15, 0.2) is 10.9 Å². The number of aromatic amines is 1. The third-order valence-corrected chi connectivity index (χ3v) is 4.33. The molecule has 1 aromatic heterocycles. The Labute approximate surface area is 147 Å². The summed E-state index contributed by atoms with van der Waals surface area (Å²) in [4.78, 5) is 37.4. The number of thioether (sulfide) groups is 1. The fourth-order valence-electron chi connectivity index (χ4n) is 2.00. The first-order valence-corrected chi connectivity index (χ1v) is 8.31. The Morgan fingerprint density at radius 1 is 1.28 bits per heavy atom. The van der Waals surface area contributed by atoms with Crippen molar-refractivity contribution in [3.8, 4) is 5.75 Å². The van der Waals surface area contributed by atoms with Gasteiger partial charge in [-0.25, -0.2) is 0 Å². The lowest BCUT2D eigenvalue weighted by Gasteiger charge is -2.10. The summed E-state index contributed by atoms with van der Waals surface area (Å²) in [6, 6.07) is 6.73. The third-order valence-electron chi connectivity index (χ3n) is 3.35. The summed E-state index contributed by atoms with van der Waals surface area (Å²) in [5.41, 5.74) is 0.0814. The van der Waals surface area contributed by atoms with E-state index in [0.29, 0.717) is 11.3 Å². The number of aromatic nitrogens is 3. The van der Waals surface area contributed by atoms with Gasteiger partial charge in [-0.05, 0) is 31.2 Å². The van der Waals surface area contributed by atoms with Crippen LogP contribution in [-0.2, 0) is 11.2 Å². The smallest absolute Gasteiger partial charge is 0.303 e. The van der Waals surface area contributed by atoms with Crippen molar-refractivity contribution in [2.24, 2.45) is 0 Å². The van der Waals surface area contributed by atoms with Crippen LogP contribution in [0.5, 0.6) is 5.75 Å². The van der Waals surface area contributed by atoms with Gasteiger partial charge in [-0.3, -0.25) is 19.4 Å². The van der Waals surface area contributed by atoms with Gasteiger partial charge in [-0.2, -0.15) is 0 Å². The fraction of sp³-hybridized carbons (Fsp3) is 0.312. The number of hydrogen-bond donors (Lipinski definition) is 2. The highest BCUT2D eigenvalue weighted by Gasteiger charge is 2.18. The summed E-state index contributed by atoms with van der Waals surface area (Å²) in [5.74, 6) is -0.479. The maximum absolute atomic E-state index is 12.4. The van der Waals surface area contributed by atoms with Crippen LogP contribution in [0.1, 0.15) is 29.4 Å². The fourth-order valence-corrected chi connectivity index (χ4v) is 2.82. The van der Waals surface area contributed by atoms with Crippen LogP contribution < -0.4 is 10.3 Å². The largest absolute Gasteiger partial charge is 0.497 e. The Bertz CT molecular complexity index is 819. The molecular weight excluding hydrogens is 346 g/mol. The van der Waals surface area contributed by atoms with Crippen molar-refractivity contribution in [1.82, 2.24) is 15.2 Å². The molecule has 0 fully saturated rings. The number of rotatable bonds is 8. The predicted molar refractivity (Wildman–Crippen MR) is 91.3 cm³/mol. The van der Waals surface area contributed by atoms with E-state index in [1.165, 1.54) is 0 Å². The zero-order valence-electron chi connectivity index (χ0n) is 13.7. The lowest BCUT2D eigenvalue weighted by Crippen LogP contribution is -2.20. The molecule has 0 saturated carbocycles. The molecule has 0 saturated heterocycles. The molecule has 9 heteroatoms. The molecule has 0 bridgehead atoms. The van der Waals surface area contributed by atoms with Crippen molar-refractivity contribution in [1.29, 1.82) is 0 Å². The number of carboxylic acids is 1. The summed E-state index contributed by atoms with van der Waals surface area (Å²) >= 11 is 1.08. The van der Waals surface area contributed by atoms with E-state index >= 15 is 0 Å². The molecule has 8 nitrogen and oxygen atoms in total. The van der Waals surface area contributed by atoms with E-state index in [2.05, 4.69) is 15.2 Å². The van der Waals surface area contributed by atoms with Crippen molar-refractivity contribution < 1.29 is 19.4 Å². The second kappa shape index (κ2) is 8.43. The number of aryl methyl sites for hydroxylation is 1. The molecule has 0 aliphatic rings. The van der Waals surface area contributed by atoms with Gasteiger partial charge in [0, 0.05) is 12.0 Å². The molecule has 1 heterocycles. The molecule has 0 aliphatic carbocycles. The van der Waals surface area contributed by atoms with Gasteiger partial charge in [-0.1, -0.05) is 11.8 Å². The number of ketones is 1. The molecule has 1 atom stereocenters. The first-order valence-electron chi connectivity index (χ1n) is 7.43. The predicted octanol–water partition coefficient (Wildman–Crippen LogP) is 1.55. The lowest BCUT2D eigenvalue weighted by atomic mass is 10.1. The van der Waals surface area contributed by atoms with Gasteiger partial charge >= 0.3 is 5.97 Å². The zero-order valence-corrected chi connectivity index (χ0v) is 14.5. The first kappa shape index (κ1) is 18.7. The average molecular weight is 363 g/mol. The first-order chi connectivity index (χ1) is 11.9. The highest BCUT2D eigenvalue weighted by Crippen LogP contribution is 2.22. The van der Waals surface area contributed by atoms with Crippen molar-refractivity contribution in [2.45, 2.75) is 30.2 Å². The van der Waals surface area contributed by atoms with Crippen LogP contribution in [0.2, 0.25) is 0 Å². The number of nitrogens with zero attached hydrogens (tertiary/aromatic N) is 2. The minimum Gasteiger partial charge on any atom is -0.497 e. The van der Waals surface area contributed by atoms with Gasteiger partial charge in [0.1, 0.15) is 11.4 Å². The molecule has 2 rings (SSSR count). The number of benzene rings is 1. The van der Waals surface area contributed by atoms with Crippen LogP contribution in [0.4, 0.5) is 0 Å². The normalized spacial score (nSPS) is 11.8. The standard InChI is InChI=1S/C16H17N3O5S/c1-9(14(22)10-3-5-11(24-2)6-4-10)25-16-17-15(23)12(18-19-16)7-8-13(20)21/h3-6,9H,7-8H2,1-2H3,(H,20,21)(H,17,19,23). The molecule has 2 aromatic rings. The Kier molecular flexibility index (Phi) is 6.29. The van der Waals surface area contributed by atoms with Crippen LogP contribution in [0.3, 0.4) is 0 Å². The minimum atomic E-state index is -1.02. The number of carbonyl (C=O) groups excluding carboxylic acids is 1. The zero-order chi connectivity index (χ0) is 18.4. The van der Waals surface area contributed by atoms with Gasteiger partial charge in [0.2, 0.25) is 0 Å². The maximum atomic E-state index is 12.4. The second-order valence-corrected chi connectivity index (χ2v) is 6.48. The van der Waals surface area contributed by atoms with Gasteiger partial charge in [0.25, 0.3) is 5.56 Å². The number of nitrogens with one attached hydrogen (secondary N) is 1. The third kappa shape index (κ3) is 5.15. The molecule has 1 aromatic carbocycles. The summed E-state index contributed by atoms with van der Waals surface area (Å²) < 4.78 is 5.05. The van der Waals surface area contributed by atoms with E-state index in [9.17, 15) is 14.4 Å². The monoisotopic (exact) mass is 363 g/mol. The molecular formula is C16H17N3O5S. The molecule has 0 amide bonds. The van der Waals surface area contributed by atoms with E-state index < -0.39 is 16.8 Å². The van der Waals surface area contributed by atoms with Crippen LogP contribution in [0, 0.1) is 0 Å². The van der Waals surface area contributed by atoms with Gasteiger partial charge < -0.3 is 9.84 Å². The van der Waals surface area contributed by atoms with E-state index in [4.69, 9.17) is 9.84 Å². The molecule has 2 N–H and O–H groups in total. The number of H-pyrrole nitrogens is 1. The van der Waals surface area contributed by atoms with Crippen molar-refractivity contribution in [3.63, 3.8) is 0 Å². The second-order valence-electron chi connectivity index (χ2n) is 5.15. The molecule has 0 radical (unpaired) electrons. The highest BCUT2D eigenvalue weighted by atomic mass is 32.2. The molecule has 0 aliphatic heterocycles. The van der Waals surface area contributed by atoms with E-state index in [1.54, 1.807) is 38.3 Å². The lowest BCUT2D eigenvalue weighted by molar-refractivity contribution is -0.136. The maximum Gasteiger partial charge on any atom is 0.303 e. The number of carbonyl (C=O) groups is 2. The topological polar surface area (TPSA) is 122 Å². The molecule has 25 heavy (non-hydrogen) atoms. The van der Waals surface area contributed by atoms with Crippen LogP contribution in [0.15, 0.2) is 34.2 Å². The average Bonchev–Trinajstić information content (AvgIpc) is 2.60. The summed E-state index contributed by atoms with van der Waals surface area (Å²) in [6.07, 6.45) is -0.195. The van der Waals surface area contributed by atoms with Crippen LogP contribution >= 0.6 is 11.8 Å². The van der Waals surface area contributed by atoms with Crippen molar-refractivity contribution >= 4 is 23.5 Å². The highest BCUT2D eigenvalue weighted by molar-refractivity contribution is 8.00. The molecule has 0 spiro atoms. The van der Waals surface area contributed by atoms with Gasteiger partial charge in [0.05, 0.1) is 18.8 Å². The van der Waals surface area contributed by atoms with E-state index in [-0.39, 0.29) is 29.5 Å². The number of carboxylic acid groups (broad SMARTS) is 1. The molecule has 132 valence electrons. The van der Waals surface area contributed by atoms with Gasteiger partial charge in [-0.15, -0.1) is 10.2 Å². The number of aliphatic carboxylic acids is 1. The Hall–Kier alpha value is -2.68. The molecule has 1 unspecified atom stereocenters. The van der Waals surface area contributed by atoms with Crippen molar-refractivity contribution in [2.75, 3.05) is 7.11 Å². The number of ether oxygens (including phenoxy) is 1. The van der Waals surface area contributed by atoms with Crippen LogP contribution in [-0.4, -0.2) is 44.4 Å². The Morgan fingerprint density at radius 3 is 2.52 bits per heavy atom. The Morgan fingerprint density at radius 2 is 1.96 bits per heavy atom. The van der Waals surface area contributed by atoms with Crippen LogP contribution in [0.25, 0.3) is 0 Å². The number of Topliss-reactive ketones (excluding diaryl/α,β-unsaturated/α-hetero) is 1. The van der Waals surface area contributed by atoms with Crippen molar-refractivity contribution in [3.05, 3.63) is 45.9 Å². The van der Waals surface area contributed by atoms with E-state index in [1.807, 2.05) is 0 Å². The SMILES string of the molecule is COc1ccc(C(=O)C(C)Sc2nnc(CCC(=O)O)c(=O)[nH]2)cc1. The summed E-state index contributed by atoms with van der Waals surface area (Å²) in [5, 5.41) is 16.0. The Balaban J connectivity index is 2.05. The number of hydrogen-bond acceptors (Lipinski definition) is 7. The summed E-state index contributed by atoms with van der Waals surface area (Å²) in [7, 11) is 1.55.